The van der Waals surface area contributed by atoms with Gasteiger partial charge in [0, 0.05) is 0 Å². The number of carbonyl (C=O) groups excluding carboxylic acids is 1. The molecule has 0 aromatic heterocycles. The van der Waals surface area contributed by atoms with Crippen LogP contribution in [0.5, 0.6) is 5.75 Å². The van der Waals surface area contributed by atoms with E-state index in [1.54, 1.807) is 30.3 Å². The van der Waals surface area contributed by atoms with Gasteiger partial charge >= 0.3 is 5.97 Å². The largest absolute Gasteiger partial charge is 0.482 e. The van der Waals surface area contributed by atoms with Gasteiger partial charge in [0.25, 0.3) is 5.91 Å². The summed E-state index contributed by atoms with van der Waals surface area (Å²) in [7, 11) is 0. The van der Waals surface area contributed by atoms with Crippen LogP contribution in [0.3, 0.4) is 0 Å². The molecule has 0 saturated carbocycles. The summed E-state index contributed by atoms with van der Waals surface area (Å²) in [4.78, 5) is 22.2. The van der Waals surface area contributed by atoms with E-state index < -0.39 is 5.97 Å². The van der Waals surface area contributed by atoms with E-state index in [0.29, 0.717) is 11.4 Å². The molecule has 0 radical (unpaired) electrons. The Labute approximate surface area is 114 Å². The van der Waals surface area contributed by atoms with Crippen LogP contribution in [0.15, 0.2) is 42.5 Å². The molecule has 1 aliphatic heterocycles. The molecule has 2 N–H and O–H groups in total. The summed E-state index contributed by atoms with van der Waals surface area (Å²) in [6, 6.07) is 12.0. The van der Waals surface area contributed by atoms with Crippen molar-refractivity contribution < 1.29 is 19.4 Å². The summed E-state index contributed by atoms with van der Waals surface area (Å²) in [5.41, 5.74) is 2.48. The van der Waals surface area contributed by atoms with Gasteiger partial charge in [-0.3, -0.25) is 4.79 Å². The molecule has 0 spiro atoms. The number of hydrogen-bond acceptors (Lipinski definition) is 3. The van der Waals surface area contributed by atoms with Gasteiger partial charge in [-0.2, -0.15) is 0 Å². The van der Waals surface area contributed by atoms with E-state index in [1.807, 2.05) is 12.1 Å². The molecule has 2 aromatic rings. The van der Waals surface area contributed by atoms with Gasteiger partial charge in [0.1, 0.15) is 5.75 Å². The number of carboxylic acid groups (broad SMARTS) is 1. The quantitative estimate of drug-likeness (QED) is 0.877. The highest BCUT2D eigenvalue weighted by atomic mass is 16.5. The summed E-state index contributed by atoms with van der Waals surface area (Å²) >= 11 is 0. The van der Waals surface area contributed by atoms with Gasteiger partial charge in [0.2, 0.25) is 0 Å². The topological polar surface area (TPSA) is 75.6 Å². The number of fused-ring (bicyclic) bond motifs is 1. The van der Waals surface area contributed by atoms with E-state index in [1.165, 1.54) is 0 Å². The molecule has 0 aliphatic carbocycles. The molecule has 1 aliphatic rings. The second kappa shape index (κ2) is 4.70. The van der Waals surface area contributed by atoms with Crippen LogP contribution < -0.4 is 10.1 Å². The van der Waals surface area contributed by atoms with Gasteiger partial charge in [0.05, 0.1) is 11.3 Å². The van der Waals surface area contributed by atoms with E-state index >= 15 is 0 Å². The molecule has 0 atom stereocenters. The zero-order chi connectivity index (χ0) is 14.1. The van der Waals surface area contributed by atoms with Crippen LogP contribution in [0, 0.1) is 0 Å². The third kappa shape index (κ3) is 2.21. The van der Waals surface area contributed by atoms with Gasteiger partial charge in [0.15, 0.2) is 6.61 Å². The van der Waals surface area contributed by atoms with Gasteiger partial charge in [-0.15, -0.1) is 0 Å². The van der Waals surface area contributed by atoms with Gasteiger partial charge < -0.3 is 15.2 Å². The molecule has 0 fully saturated rings. The fourth-order valence-corrected chi connectivity index (χ4v) is 2.09. The summed E-state index contributed by atoms with van der Waals surface area (Å²) in [5, 5.41) is 11.7. The minimum atomic E-state index is -0.965. The van der Waals surface area contributed by atoms with Crippen molar-refractivity contribution >= 4 is 17.6 Å². The fraction of sp³-hybridized carbons (Fsp3) is 0.0667. The Bertz CT molecular complexity index is 709. The van der Waals surface area contributed by atoms with Gasteiger partial charge in [-0.05, 0) is 35.4 Å². The molecule has 1 heterocycles. The Balaban J connectivity index is 2.01. The van der Waals surface area contributed by atoms with E-state index in [2.05, 4.69) is 5.32 Å². The number of benzene rings is 2. The number of nitrogens with one attached hydrogen (secondary N) is 1. The molecular weight excluding hydrogens is 258 g/mol. The molecule has 1 amide bonds. The Morgan fingerprint density at radius 2 is 1.95 bits per heavy atom. The fourth-order valence-electron chi connectivity index (χ4n) is 2.09. The van der Waals surface area contributed by atoms with Crippen LogP contribution in [-0.2, 0) is 4.79 Å². The third-order valence-corrected chi connectivity index (χ3v) is 3.06. The Kier molecular flexibility index (Phi) is 2.87. The summed E-state index contributed by atoms with van der Waals surface area (Å²) in [6.07, 6.45) is 0. The first-order chi connectivity index (χ1) is 9.63. The van der Waals surface area contributed by atoms with Crippen molar-refractivity contribution in [3.8, 4) is 16.9 Å². The zero-order valence-corrected chi connectivity index (χ0v) is 10.4. The highest BCUT2D eigenvalue weighted by molar-refractivity contribution is 5.96. The lowest BCUT2D eigenvalue weighted by atomic mass is 10.0. The second-order valence-electron chi connectivity index (χ2n) is 4.43. The molecule has 100 valence electrons. The minimum Gasteiger partial charge on any atom is -0.482 e. The lowest BCUT2D eigenvalue weighted by molar-refractivity contribution is -0.118. The van der Waals surface area contributed by atoms with Crippen LogP contribution in [0.1, 0.15) is 10.4 Å². The monoisotopic (exact) mass is 269 g/mol. The van der Waals surface area contributed by atoms with Crippen molar-refractivity contribution in [1.29, 1.82) is 0 Å². The van der Waals surface area contributed by atoms with E-state index in [0.717, 1.165) is 11.1 Å². The second-order valence-corrected chi connectivity index (χ2v) is 4.43. The molecule has 5 heteroatoms. The maximum Gasteiger partial charge on any atom is 0.335 e. The van der Waals surface area contributed by atoms with Crippen molar-refractivity contribution in [2.24, 2.45) is 0 Å². The van der Waals surface area contributed by atoms with Crippen LogP contribution in [0.25, 0.3) is 11.1 Å². The van der Waals surface area contributed by atoms with Crippen LogP contribution in [0.4, 0.5) is 5.69 Å². The molecule has 2 aromatic carbocycles. The Morgan fingerprint density at radius 3 is 2.75 bits per heavy atom. The van der Waals surface area contributed by atoms with Crippen LogP contribution in [0.2, 0.25) is 0 Å². The summed E-state index contributed by atoms with van der Waals surface area (Å²) < 4.78 is 5.35. The number of carbonyl (C=O) groups is 2. The standard InChI is InChI=1S/C15H11NO4/c17-14-8-20-13-7-10(4-5-12(13)16-14)9-2-1-3-11(6-9)15(18)19/h1-7H,8H2,(H,16,17)(H,18,19). The molecule has 0 saturated heterocycles. The van der Waals surface area contributed by atoms with Gasteiger partial charge in [-0.25, -0.2) is 4.79 Å². The van der Waals surface area contributed by atoms with E-state index in [9.17, 15) is 9.59 Å². The van der Waals surface area contributed by atoms with Crippen molar-refractivity contribution in [3.63, 3.8) is 0 Å². The summed E-state index contributed by atoms with van der Waals surface area (Å²) in [6.45, 7) is -0.00831. The lowest BCUT2D eigenvalue weighted by Gasteiger charge is -2.18. The third-order valence-electron chi connectivity index (χ3n) is 3.06. The summed E-state index contributed by atoms with van der Waals surface area (Å²) in [5.74, 6) is -0.561. The molecule has 3 rings (SSSR count). The van der Waals surface area contributed by atoms with Crippen molar-refractivity contribution in [3.05, 3.63) is 48.0 Å². The average Bonchev–Trinajstić information content (AvgIpc) is 2.47. The minimum absolute atomic E-state index is 0.00831. The molecule has 0 unspecified atom stereocenters. The normalized spacial score (nSPS) is 13.1. The number of rotatable bonds is 2. The zero-order valence-electron chi connectivity index (χ0n) is 10.4. The first-order valence-electron chi connectivity index (χ1n) is 6.04. The highest BCUT2D eigenvalue weighted by Crippen LogP contribution is 2.33. The number of carboxylic acids is 1. The van der Waals surface area contributed by atoms with E-state index in [4.69, 9.17) is 9.84 Å². The number of hydrogen-bond donors (Lipinski definition) is 2. The maximum absolute atomic E-state index is 11.2. The molecule has 20 heavy (non-hydrogen) atoms. The van der Waals surface area contributed by atoms with Gasteiger partial charge in [-0.1, -0.05) is 18.2 Å². The Hall–Kier alpha value is -2.82. The number of anilines is 1. The maximum atomic E-state index is 11.2. The van der Waals surface area contributed by atoms with Crippen molar-refractivity contribution in [2.45, 2.75) is 0 Å². The predicted octanol–water partition coefficient (Wildman–Crippen LogP) is 2.38. The van der Waals surface area contributed by atoms with E-state index in [-0.39, 0.29) is 18.1 Å². The SMILES string of the molecule is O=C1COc2cc(-c3cccc(C(=O)O)c3)ccc2N1. The number of amides is 1. The molecule has 5 nitrogen and oxygen atoms in total. The Morgan fingerprint density at radius 1 is 1.15 bits per heavy atom. The number of ether oxygens (including phenoxy) is 1. The van der Waals surface area contributed by atoms with Crippen LogP contribution >= 0.6 is 0 Å². The first kappa shape index (κ1) is 12.2. The molecular formula is C15H11NO4. The van der Waals surface area contributed by atoms with Crippen molar-refractivity contribution in [2.75, 3.05) is 11.9 Å². The van der Waals surface area contributed by atoms with Crippen molar-refractivity contribution in [1.82, 2.24) is 0 Å². The number of aromatic carboxylic acids is 1. The highest BCUT2D eigenvalue weighted by Gasteiger charge is 2.16. The average molecular weight is 269 g/mol. The smallest absolute Gasteiger partial charge is 0.335 e. The van der Waals surface area contributed by atoms with Crippen LogP contribution in [-0.4, -0.2) is 23.6 Å². The first-order valence-corrected chi connectivity index (χ1v) is 6.04. The lowest BCUT2D eigenvalue weighted by Crippen LogP contribution is -2.25. The predicted molar refractivity (Wildman–Crippen MR) is 73.0 cm³/mol. The molecule has 0 bridgehead atoms.